The molecule has 0 aromatic heterocycles. The van der Waals surface area contributed by atoms with E-state index in [-0.39, 0.29) is 22.5 Å². The Labute approximate surface area is 146 Å². The summed E-state index contributed by atoms with van der Waals surface area (Å²) in [6.45, 7) is 2.28. The van der Waals surface area contributed by atoms with Crippen LogP contribution in [-0.2, 0) is 4.74 Å². The molecular formula is C19H25BrO3. The zero-order valence-corrected chi connectivity index (χ0v) is 15.3. The fourth-order valence-corrected chi connectivity index (χ4v) is 6.99. The molecule has 1 aromatic rings. The van der Waals surface area contributed by atoms with Gasteiger partial charge in [-0.15, -0.1) is 0 Å². The van der Waals surface area contributed by atoms with Gasteiger partial charge in [-0.25, -0.2) is 0 Å². The zero-order chi connectivity index (χ0) is 16.4. The average molecular weight is 381 g/mol. The lowest BCUT2D eigenvalue weighted by molar-refractivity contribution is -0.0385. The van der Waals surface area contributed by atoms with Gasteiger partial charge in [0.25, 0.3) is 0 Å². The van der Waals surface area contributed by atoms with Crippen molar-refractivity contribution in [3.8, 4) is 5.75 Å². The van der Waals surface area contributed by atoms with Gasteiger partial charge < -0.3 is 14.9 Å². The number of aliphatic hydroxyl groups is 1. The number of hydrogen-bond donors (Lipinski definition) is 2. The van der Waals surface area contributed by atoms with Gasteiger partial charge in [0, 0.05) is 11.9 Å². The first-order valence-electron chi connectivity index (χ1n) is 8.65. The van der Waals surface area contributed by atoms with Crippen molar-refractivity contribution in [2.24, 2.45) is 17.3 Å². The highest BCUT2D eigenvalue weighted by Crippen LogP contribution is 2.63. The molecule has 0 radical (unpaired) electrons. The molecule has 0 saturated heterocycles. The minimum absolute atomic E-state index is 0.0416. The molecule has 7 atom stereocenters. The Hall–Kier alpha value is -0.580. The van der Waals surface area contributed by atoms with Crippen LogP contribution in [0.15, 0.2) is 18.2 Å². The molecule has 3 aliphatic rings. The fraction of sp³-hybridized carbons (Fsp3) is 0.684. The summed E-state index contributed by atoms with van der Waals surface area (Å²) in [7, 11) is 1.75. The Bertz CT molecular complexity index is 619. The largest absolute Gasteiger partial charge is 0.508 e. The number of aromatic hydroxyl groups is 1. The van der Waals surface area contributed by atoms with Gasteiger partial charge >= 0.3 is 0 Å². The van der Waals surface area contributed by atoms with Crippen LogP contribution in [0.2, 0.25) is 0 Å². The fourth-order valence-electron chi connectivity index (χ4n) is 5.75. The van der Waals surface area contributed by atoms with Crippen molar-refractivity contribution in [3.05, 3.63) is 29.3 Å². The summed E-state index contributed by atoms with van der Waals surface area (Å²) in [5.41, 5.74) is 2.50. The van der Waals surface area contributed by atoms with Crippen molar-refractivity contribution in [1.29, 1.82) is 0 Å². The summed E-state index contributed by atoms with van der Waals surface area (Å²) in [5.74, 6) is 1.80. The lowest BCUT2D eigenvalue weighted by atomic mass is 9.55. The third kappa shape index (κ3) is 2.14. The quantitative estimate of drug-likeness (QED) is 0.720. The standard InChI is InChI=1S/C19H25BrO3/c1-19-8-7-12-11-4-3-10(21)9-13(11)18(23-2)17(20)16(12)14(19)5-6-15(19)22/h3-4,9,12,14-18,21-22H,5-8H2,1-2H3/t12-,14+,15+,16-,17+,18+,19+/m1/s1. The van der Waals surface area contributed by atoms with E-state index in [4.69, 9.17) is 4.74 Å². The maximum atomic E-state index is 10.5. The van der Waals surface area contributed by atoms with Gasteiger partial charge in [-0.1, -0.05) is 28.9 Å². The normalized spacial score (nSPS) is 45.2. The van der Waals surface area contributed by atoms with E-state index >= 15 is 0 Å². The van der Waals surface area contributed by atoms with Crippen LogP contribution < -0.4 is 0 Å². The number of phenolic OH excluding ortho intramolecular Hbond substituents is 1. The predicted octanol–water partition coefficient (Wildman–Crippen LogP) is 4.13. The summed E-state index contributed by atoms with van der Waals surface area (Å²) in [6.07, 6.45) is 3.99. The Morgan fingerprint density at radius 3 is 2.74 bits per heavy atom. The predicted molar refractivity (Wildman–Crippen MR) is 92.9 cm³/mol. The molecule has 4 rings (SSSR count). The first kappa shape index (κ1) is 15.9. The van der Waals surface area contributed by atoms with Crippen molar-refractivity contribution in [3.63, 3.8) is 0 Å². The van der Waals surface area contributed by atoms with E-state index in [1.807, 2.05) is 6.07 Å². The van der Waals surface area contributed by atoms with Gasteiger partial charge in [0.1, 0.15) is 5.75 Å². The molecule has 0 amide bonds. The molecule has 0 aliphatic heterocycles. The van der Waals surface area contributed by atoms with Gasteiger partial charge in [-0.05, 0) is 72.1 Å². The van der Waals surface area contributed by atoms with E-state index in [9.17, 15) is 10.2 Å². The van der Waals surface area contributed by atoms with Crippen LogP contribution in [0.5, 0.6) is 5.75 Å². The molecule has 2 N–H and O–H groups in total. The second-order valence-corrected chi connectivity index (χ2v) is 8.90. The molecular weight excluding hydrogens is 356 g/mol. The Morgan fingerprint density at radius 1 is 1.22 bits per heavy atom. The summed E-state index contributed by atoms with van der Waals surface area (Å²) >= 11 is 3.94. The van der Waals surface area contributed by atoms with E-state index in [0.717, 1.165) is 31.2 Å². The third-order valence-corrected chi connectivity index (χ3v) is 8.06. The van der Waals surface area contributed by atoms with Crippen LogP contribution >= 0.6 is 15.9 Å². The molecule has 3 aliphatic carbocycles. The number of methoxy groups -OCH3 is 1. The van der Waals surface area contributed by atoms with Crippen molar-refractivity contribution in [2.75, 3.05) is 7.11 Å². The van der Waals surface area contributed by atoms with E-state index in [1.54, 1.807) is 13.2 Å². The van der Waals surface area contributed by atoms with E-state index < -0.39 is 0 Å². The van der Waals surface area contributed by atoms with E-state index in [2.05, 4.69) is 28.9 Å². The lowest BCUT2D eigenvalue weighted by Gasteiger charge is -2.53. The monoisotopic (exact) mass is 380 g/mol. The van der Waals surface area contributed by atoms with Crippen molar-refractivity contribution < 1.29 is 14.9 Å². The number of aliphatic hydroxyl groups excluding tert-OH is 1. The number of rotatable bonds is 1. The first-order valence-corrected chi connectivity index (χ1v) is 9.56. The molecule has 3 nitrogen and oxygen atoms in total. The second-order valence-electron chi connectivity index (χ2n) is 7.84. The average Bonchev–Trinajstić information content (AvgIpc) is 2.83. The van der Waals surface area contributed by atoms with Gasteiger partial charge in [0.05, 0.1) is 12.2 Å². The Kier molecular flexibility index (Phi) is 3.78. The molecule has 4 heteroatoms. The summed E-state index contributed by atoms with van der Waals surface area (Å²) < 4.78 is 5.82. The maximum Gasteiger partial charge on any atom is 0.115 e. The van der Waals surface area contributed by atoms with Crippen LogP contribution in [0.25, 0.3) is 0 Å². The Balaban J connectivity index is 1.81. The Morgan fingerprint density at radius 2 is 2.00 bits per heavy atom. The lowest BCUT2D eigenvalue weighted by Crippen LogP contribution is -2.48. The molecule has 0 spiro atoms. The van der Waals surface area contributed by atoms with Crippen LogP contribution in [-0.4, -0.2) is 28.3 Å². The van der Waals surface area contributed by atoms with Crippen LogP contribution in [0.4, 0.5) is 0 Å². The van der Waals surface area contributed by atoms with Crippen molar-refractivity contribution >= 4 is 15.9 Å². The zero-order valence-electron chi connectivity index (χ0n) is 13.7. The molecule has 0 heterocycles. The van der Waals surface area contributed by atoms with Gasteiger partial charge in [-0.3, -0.25) is 0 Å². The first-order chi connectivity index (χ1) is 11.0. The second kappa shape index (κ2) is 5.47. The number of alkyl halides is 1. The third-order valence-electron chi connectivity index (χ3n) is 6.97. The summed E-state index contributed by atoms with van der Waals surface area (Å²) in [4.78, 5) is 0.224. The number of fused-ring (bicyclic) bond motifs is 5. The minimum Gasteiger partial charge on any atom is -0.508 e. The number of benzene rings is 1. The summed E-state index contributed by atoms with van der Waals surface area (Å²) in [6, 6.07) is 5.75. The van der Waals surface area contributed by atoms with Crippen LogP contribution in [0.1, 0.15) is 55.8 Å². The van der Waals surface area contributed by atoms with E-state index in [0.29, 0.717) is 23.5 Å². The maximum absolute atomic E-state index is 10.5. The number of hydrogen-bond acceptors (Lipinski definition) is 3. The van der Waals surface area contributed by atoms with Crippen molar-refractivity contribution in [1.82, 2.24) is 0 Å². The number of ether oxygens (including phenoxy) is 1. The molecule has 0 unspecified atom stereocenters. The molecule has 1 aromatic carbocycles. The highest BCUT2D eigenvalue weighted by molar-refractivity contribution is 9.09. The summed E-state index contributed by atoms with van der Waals surface area (Å²) in [5, 5.41) is 20.4. The van der Waals surface area contributed by atoms with Gasteiger partial charge in [-0.2, -0.15) is 0 Å². The SMILES string of the molecule is CO[C@H]1c2cc(O)ccc2[C@H]2CC[C@]3(C)[C@@H](O)CC[C@H]3[C@@H]2[C@@H]1Br. The molecule has 23 heavy (non-hydrogen) atoms. The highest BCUT2D eigenvalue weighted by Gasteiger charge is 2.58. The van der Waals surface area contributed by atoms with E-state index in [1.165, 1.54) is 5.56 Å². The molecule has 2 saturated carbocycles. The topological polar surface area (TPSA) is 49.7 Å². The van der Waals surface area contributed by atoms with Crippen LogP contribution in [0, 0.1) is 17.3 Å². The smallest absolute Gasteiger partial charge is 0.115 e. The molecule has 2 fully saturated rings. The number of phenols is 1. The highest BCUT2D eigenvalue weighted by atomic mass is 79.9. The number of halogens is 1. The van der Waals surface area contributed by atoms with Crippen LogP contribution in [0.3, 0.4) is 0 Å². The van der Waals surface area contributed by atoms with Gasteiger partial charge in [0.2, 0.25) is 0 Å². The minimum atomic E-state index is -0.171. The van der Waals surface area contributed by atoms with Crippen molar-refractivity contribution in [2.45, 2.75) is 55.6 Å². The molecule has 126 valence electrons. The van der Waals surface area contributed by atoms with Gasteiger partial charge in [0.15, 0.2) is 0 Å². The molecule has 0 bridgehead atoms.